The summed E-state index contributed by atoms with van der Waals surface area (Å²) in [5, 5.41) is 0. The lowest BCUT2D eigenvalue weighted by Gasteiger charge is -2.07. The lowest BCUT2D eigenvalue weighted by molar-refractivity contribution is 0.134. The normalized spacial score (nSPS) is 10.1. The van der Waals surface area contributed by atoms with Crippen molar-refractivity contribution in [3.63, 3.8) is 0 Å². The van der Waals surface area contributed by atoms with Gasteiger partial charge in [-0.1, -0.05) is 17.6 Å². The second-order valence-electron chi connectivity index (χ2n) is 2.56. The molecule has 0 aliphatic rings. The third-order valence-electron chi connectivity index (χ3n) is 1.69. The Hall–Kier alpha value is -0.955. The predicted molar refractivity (Wildman–Crippen MR) is 51.6 cm³/mol. The average molecular weight is 161 g/mol. The number of hydrogen-bond donors (Lipinski definition) is 1. The Morgan fingerprint density at radius 1 is 1.50 bits per heavy atom. The number of benzene rings is 1. The van der Waals surface area contributed by atoms with Gasteiger partial charge in [-0.3, -0.25) is 0 Å². The first-order valence-electron chi connectivity index (χ1n) is 3.96. The molecule has 2 radical (unpaired) electrons. The zero-order chi connectivity index (χ0) is 8.97. The van der Waals surface area contributed by atoms with Gasteiger partial charge in [0.1, 0.15) is 7.85 Å². The van der Waals surface area contributed by atoms with E-state index in [1.165, 1.54) is 0 Å². The molecule has 0 amide bonds. The van der Waals surface area contributed by atoms with E-state index in [0.29, 0.717) is 24.4 Å². The van der Waals surface area contributed by atoms with Crippen LogP contribution in [0.4, 0.5) is 5.69 Å². The summed E-state index contributed by atoms with van der Waals surface area (Å²) >= 11 is 0. The van der Waals surface area contributed by atoms with Crippen molar-refractivity contribution >= 4 is 19.0 Å². The summed E-state index contributed by atoms with van der Waals surface area (Å²) < 4.78 is 5.22. The molecule has 2 nitrogen and oxygen atoms in total. The van der Waals surface area contributed by atoms with E-state index in [2.05, 4.69) is 0 Å². The predicted octanol–water partition coefficient (Wildman–Crippen LogP) is 0.599. The Balaban J connectivity index is 2.78. The van der Waals surface area contributed by atoms with Crippen molar-refractivity contribution in [3.05, 3.63) is 23.8 Å². The smallest absolute Gasteiger partial charge is 0.117 e. The van der Waals surface area contributed by atoms with Gasteiger partial charge in [-0.25, -0.2) is 0 Å². The monoisotopic (exact) mass is 161 g/mol. The Bertz CT molecular complexity index is 263. The summed E-state index contributed by atoms with van der Waals surface area (Å²) in [5.41, 5.74) is 7.82. The van der Waals surface area contributed by atoms with Gasteiger partial charge in [0.2, 0.25) is 0 Å². The minimum Gasteiger partial charge on any atom is -0.399 e. The number of rotatable bonds is 3. The minimum absolute atomic E-state index is 0.535. The fraction of sp³-hybridized carbons (Fsp3) is 0.333. The second-order valence-corrected chi connectivity index (χ2v) is 2.56. The average Bonchev–Trinajstić information content (AvgIpc) is 2.08. The van der Waals surface area contributed by atoms with Crippen LogP contribution in [0.15, 0.2) is 18.2 Å². The summed E-state index contributed by atoms with van der Waals surface area (Å²) in [5.74, 6) is 0. The molecule has 3 heteroatoms. The van der Waals surface area contributed by atoms with Crippen LogP contribution in [-0.4, -0.2) is 14.5 Å². The van der Waals surface area contributed by atoms with Crippen LogP contribution < -0.4 is 11.2 Å². The van der Waals surface area contributed by atoms with Gasteiger partial charge in [-0.05, 0) is 18.6 Å². The van der Waals surface area contributed by atoms with E-state index in [1.807, 2.05) is 19.1 Å². The highest BCUT2D eigenvalue weighted by molar-refractivity contribution is 6.36. The Morgan fingerprint density at radius 3 is 2.92 bits per heavy atom. The lowest BCUT2D eigenvalue weighted by Crippen LogP contribution is -2.16. The fourth-order valence-corrected chi connectivity index (χ4v) is 0.971. The van der Waals surface area contributed by atoms with E-state index in [9.17, 15) is 0 Å². The SMILES string of the molecule is [B]c1c(N)cccc1COCC. The molecule has 62 valence electrons. The number of ether oxygens (including phenoxy) is 1. The maximum Gasteiger partial charge on any atom is 0.117 e. The molecule has 1 rings (SSSR count). The van der Waals surface area contributed by atoms with Crippen LogP contribution in [0.2, 0.25) is 0 Å². The van der Waals surface area contributed by atoms with E-state index in [4.69, 9.17) is 18.3 Å². The van der Waals surface area contributed by atoms with E-state index in [0.717, 1.165) is 5.56 Å². The molecule has 0 spiro atoms. The van der Waals surface area contributed by atoms with E-state index in [1.54, 1.807) is 6.07 Å². The van der Waals surface area contributed by atoms with E-state index >= 15 is 0 Å². The van der Waals surface area contributed by atoms with Gasteiger partial charge in [-0.15, -0.1) is 0 Å². The zero-order valence-corrected chi connectivity index (χ0v) is 7.21. The van der Waals surface area contributed by atoms with Gasteiger partial charge < -0.3 is 10.5 Å². The highest BCUT2D eigenvalue weighted by Crippen LogP contribution is 2.03. The second kappa shape index (κ2) is 4.17. The van der Waals surface area contributed by atoms with Crippen LogP contribution in [0, 0.1) is 0 Å². The van der Waals surface area contributed by atoms with Crippen molar-refractivity contribution in [2.75, 3.05) is 12.3 Å². The highest BCUT2D eigenvalue weighted by atomic mass is 16.5. The molecular weight excluding hydrogens is 149 g/mol. The molecule has 2 N–H and O–H groups in total. The van der Waals surface area contributed by atoms with Crippen molar-refractivity contribution in [1.82, 2.24) is 0 Å². The summed E-state index contributed by atoms with van der Waals surface area (Å²) in [6.07, 6.45) is 0. The van der Waals surface area contributed by atoms with Crippen molar-refractivity contribution < 1.29 is 4.74 Å². The number of nitrogen functional groups attached to an aromatic ring is 1. The molecule has 12 heavy (non-hydrogen) atoms. The van der Waals surface area contributed by atoms with Crippen LogP contribution >= 0.6 is 0 Å². The highest BCUT2D eigenvalue weighted by Gasteiger charge is 1.99. The van der Waals surface area contributed by atoms with Gasteiger partial charge in [-0.2, -0.15) is 0 Å². The largest absolute Gasteiger partial charge is 0.399 e. The molecule has 0 unspecified atom stereocenters. The molecular formula is C9H12BNO. The summed E-state index contributed by atoms with van der Waals surface area (Å²) in [4.78, 5) is 0. The third kappa shape index (κ3) is 2.01. The Labute approximate surface area is 74.1 Å². The first-order chi connectivity index (χ1) is 5.75. The summed E-state index contributed by atoms with van der Waals surface area (Å²) in [6, 6.07) is 5.58. The molecule has 0 saturated carbocycles. The Morgan fingerprint density at radius 2 is 2.25 bits per heavy atom. The summed E-state index contributed by atoms with van der Waals surface area (Å²) in [6.45, 7) is 3.17. The van der Waals surface area contributed by atoms with Crippen molar-refractivity contribution in [3.8, 4) is 0 Å². The van der Waals surface area contributed by atoms with Crippen LogP contribution in [-0.2, 0) is 11.3 Å². The van der Waals surface area contributed by atoms with Crippen molar-refractivity contribution in [2.24, 2.45) is 0 Å². The van der Waals surface area contributed by atoms with E-state index in [-0.39, 0.29) is 0 Å². The molecule has 0 bridgehead atoms. The number of hydrogen-bond acceptors (Lipinski definition) is 2. The van der Waals surface area contributed by atoms with Gasteiger partial charge in [0.15, 0.2) is 0 Å². The molecule has 1 aromatic rings. The van der Waals surface area contributed by atoms with Gasteiger partial charge >= 0.3 is 0 Å². The van der Waals surface area contributed by atoms with Crippen LogP contribution in [0.1, 0.15) is 12.5 Å². The van der Waals surface area contributed by atoms with Crippen molar-refractivity contribution in [1.29, 1.82) is 0 Å². The molecule has 0 fully saturated rings. The Kier molecular flexibility index (Phi) is 3.17. The minimum atomic E-state index is 0.535. The molecule has 0 saturated heterocycles. The maximum absolute atomic E-state index is 5.72. The number of anilines is 1. The first-order valence-corrected chi connectivity index (χ1v) is 3.96. The molecule has 0 aromatic heterocycles. The standard InChI is InChI=1S/C9H12BNO/c1-2-12-6-7-4-3-5-8(11)9(7)10/h3-5H,2,6,11H2,1H3. The van der Waals surface area contributed by atoms with Crippen LogP contribution in [0.25, 0.3) is 0 Å². The molecule has 0 heterocycles. The maximum atomic E-state index is 5.72. The molecule has 0 aliphatic carbocycles. The number of nitrogens with two attached hydrogens (primary N) is 1. The van der Waals surface area contributed by atoms with Gasteiger partial charge in [0.05, 0.1) is 6.61 Å². The quantitative estimate of drug-likeness (QED) is 0.520. The first kappa shape index (κ1) is 9.14. The lowest BCUT2D eigenvalue weighted by atomic mass is 9.89. The third-order valence-corrected chi connectivity index (χ3v) is 1.69. The van der Waals surface area contributed by atoms with Gasteiger partial charge in [0.25, 0.3) is 0 Å². The molecule has 0 aliphatic heterocycles. The molecule has 1 aromatic carbocycles. The van der Waals surface area contributed by atoms with Crippen molar-refractivity contribution in [2.45, 2.75) is 13.5 Å². The van der Waals surface area contributed by atoms with Gasteiger partial charge in [0, 0.05) is 12.3 Å². The fourth-order valence-electron chi connectivity index (χ4n) is 0.971. The van der Waals surface area contributed by atoms with Crippen LogP contribution in [0.5, 0.6) is 0 Å². The zero-order valence-electron chi connectivity index (χ0n) is 7.21. The molecule has 0 atom stereocenters. The summed E-state index contributed by atoms with van der Waals surface area (Å²) in [7, 11) is 5.72. The van der Waals surface area contributed by atoms with Crippen LogP contribution in [0.3, 0.4) is 0 Å². The topological polar surface area (TPSA) is 35.2 Å². The van der Waals surface area contributed by atoms with E-state index < -0.39 is 0 Å².